The maximum atomic E-state index is 6.10. The molecule has 4 aromatic rings. The Balaban J connectivity index is 1.73. The molecule has 35 heavy (non-hydrogen) atoms. The fraction of sp³-hybridized carbons (Fsp3) is 0.188. The number of rotatable bonds is 10. The zero-order valence-electron chi connectivity index (χ0n) is 20.5. The van der Waals surface area contributed by atoms with Crippen LogP contribution >= 0.6 is 0 Å². The number of aryl methyl sites for hydroxylation is 1. The third-order valence-electron chi connectivity index (χ3n) is 6.02. The molecule has 3 heteroatoms. The van der Waals surface area contributed by atoms with E-state index >= 15 is 0 Å². The maximum Gasteiger partial charge on any atom is 0.120 e. The van der Waals surface area contributed by atoms with Gasteiger partial charge in [-0.15, -0.1) is 0 Å². The smallest absolute Gasteiger partial charge is 0.120 e. The van der Waals surface area contributed by atoms with E-state index in [0.717, 1.165) is 29.0 Å². The van der Waals surface area contributed by atoms with Crippen molar-refractivity contribution in [3.8, 4) is 11.5 Å². The van der Waals surface area contributed by atoms with Crippen LogP contribution in [0, 0.1) is 6.92 Å². The molecule has 0 radical (unpaired) electrons. The van der Waals surface area contributed by atoms with Crippen LogP contribution < -0.4 is 15.2 Å². The normalized spacial score (nSPS) is 11.6. The molecule has 2 N–H and O–H groups in total. The van der Waals surface area contributed by atoms with E-state index in [-0.39, 0.29) is 0 Å². The topological polar surface area (TPSA) is 44.5 Å². The largest absolute Gasteiger partial charge is 0.492 e. The van der Waals surface area contributed by atoms with Gasteiger partial charge >= 0.3 is 0 Å². The summed E-state index contributed by atoms with van der Waals surface area (Å²) < 4.78 is 11.8. The van der Waals surface area contributed by atoms with E-state index in [1.807, 2.05) is 30.3 Å². The summed E-state index contributed by atoms with van der Waals surface area (Å²) >= 11 is 0. The van der Waals surface area contributed by atoms with Crippen LogP contribution in [0.3, 0.4) is 0 Å². The molecule has 0 heterocycles. The van der Waals surface area contributed by atoms with Gasteiger partial charge in [0.05, 0.1) is 0 Å². The Bertz CT molecular complexity index is 1250. The molecule has 0 aromatic heterocycles. The number of ether oxygens (including phenoxy) is 2. The Morgan fingerprint density at radius 2 is 1.37 bits per heavy atom. The molecule has 0 saturated carbocycles. The number of nitrogens with two attached hydrogens (primary N) is 1. The highest BCUT2D eigenvalue weighted by atomic mass is 16.5. The van der Waals surface area contributed by atoms with Gasteiger partial charge in [-0.3, -0.25) is 0 Å². The third kappa shape index (κ3) is 6.20. The third-order valence-corrected chi connectivity index (χ3v) is 6.02. The van der Waals surface area contributed by atoms with Crippen molar-refractivity contribution < 1.29 is 9.47 Å². The fourth-order valence-electron chi connectivity index (χ4n) is 4.30. The second kappa shape index (κ2) is 12.0. The summed E-state index contributed by atoms with van der Waals surface area (Å²) in [6, 6.07) is 35.6. The molecule has 0 spiro atoms. The van der Waals surface area contributed by atoms with Crippen LogP contribution in [-0.2, 0) is 6.61 Å². The second-order valence-electron chi connectivity index (χ2n) is 8.49. The zero-order chi connectivity index (χ0) is 24.5. The van der Waals surface area contributed by atoms with E-state index in [2.05, 4.69) is 86.6 Å². The zero-order valence-corrected chi connectivity index (χ0v) is 20.5. The molecule has 0 atom stereocenters. The first kappa shape index (κ1) is 24.3. The Morgan fingerprint density at radius 1 is 0.714 bits per heavy atom. The summed E-state index contributed by atoms with van der Waals surface area (Å²) in [5, 5.41) is 0. The van der Waals surface area contributed by atoms with E-state index in [4.69, 9.17) is 15.2 Å². The molecule has 4 rings (SSSR count). The minimum absolute atomic E-state index is 0.499. The molecule has 0 aliphatic rings. The predicted molar refractivity (Wildman–Crippen MR) is 146 cm³/mol. The van der Waals surface area contributed by atoms with E-state index < -0.39 is 0 Å². The number of benzene rings is 4. The molecule has 0 unspecified atom stereocenters. The van der Waals surface area contributed by atoms with Crippen molar-refractivity contribution in [1.29, 1.82) is 0 Å². The molecular weight excluding hydrogens is 430 g/mol. The van der Waals surface area contributed by atoms with E-state index in [9.17, 15) is 0 Å². The SMILES string of the molecule is CCC(=C(c1ccc(OCCN)cc1)c1ccc(OCc2ccccc2)cc1C)c1ccccc1. The molecule has 0 aliphatic carbocycles. The molecule has 0 amide bonds. The molecule has 3 nitrogen and oxygen atoms in total. The van der Waals surface area contributed by atoms with Crippen molar-refractivity contribution in [2.45, 2.75) is 26.9 Å². The lowest BCUT2D eigenvalue weighted by Gasteiger charge is -2.19. The highest BCUT2D eigenvalue weighted by molar-refractivity contribution is 5.99. The van der Waals surface area contributed by atoms with Gasteiger partial charge in [-0.1, -0.05) is 85.8 Å². The monoisotopic (exact) mass is 463 g/mol. The fourth-order valence-corrected chi connectivity index (χ4v) is 4.30. The van der Waals surface area contributed by atoms with Crippen molar-refractivity contribution in [3.05, 3.63) is 131 Å². The van der Waals surface area contributed by atoms with Crippen LogP contribution in [-0.4, -0.2) is 13.2 Å². The lowest BCUT2D eigenvalue weighted by Crippen LogP contribution is -2.10. The van der Waals surface area contributed by atoms with Gasteiger partial charge in [0.25, 0.3) is 0 Å². The van der Waals surface area contributed by atoms with E-state index in [1.165, 1.54) is 27.8 Å². The molecule has 0 fully saturated rings. The lowest BCUT2D eigenvalue weighted by molar-refractivity contribution is 0.306. The van der Waals surface area contributed by atoms with Gasteiger partial charge < -0.3 is 15.2 Å². The average Bonchev–Trinajstić information content (AvgIpc) is 2.91. The van der Waals surface area contributed by atoms with Gasteiger partial charge in [0.15, 0.2) is 0 Å². The standard InChI is InChI=1S/C32H33NO2/c1-3-30(26-12-8-5-9-13-26)32(27-14-16-28(17-15-27)34-21-20-33)31-19-18-29(22-24(31)2)35-23-25-10-6-4-7-11-25/h4-19,22H,3,20-21,23,33H2,1-2H3. The Morgan fingerprint density at radius 3 is 2.00 bits per heavy atom. The number of hydrogen-bond acceptors (Lipinski definition) is 3. The first-order valence-electron chi connectivity index (χ1n) is 12.2. The predicted octanol–water partition coefficient (Wildman–Crippen LogP) is 7.28. The minimum atomic E-state index is 0.499. The van der Waals surface area contributed by atoms with Gasteiger partial charge in [-0.25, -0.2) is 0 Å². The molecular formula is C32H33NO2. The Kier molecular flexibility index (Phi) is 8.37. The van der Waals surface area contributed by atoms with Crippen LogP contribution in [0.1, 0.15) is 41.2 Å². The average molecular weight is 464 g/mol. The number of allylic oxidation sites excluding steroid dienone is 1. The lowest BCUT2D eigenvalue weighted by atomic mass is 9.86. The van der Waals surface area contributed by atoms with Gasteiger partial charge in [-0.2, -0.15) is 0 Å². The van der Waals surface area contributed by atoms with Crippen molar-refractivity contribution in [2.75, 3.05) is 13.2 Å². The Hall–Kier alpha value is -3.82. The summed E-state index contributed by atoms with van der Waals surface area (Å²) in [4.78, 5) is 0. The van der Waals surface area contributed by atoms with Crippen molar-refractivity contribution in [3.63, 3.8) is 0 Å². The first-order valence-corrected chi connectivity index (χ1v) is 12.2. The van der Waals surface area contributed by atoms with Gasteiger partial charge in [-0.05, 0) is 76.6 Å². The Labute approximate surface area is 208 Å². The highest BCUT2D eigenvalue weighted by Gasteiger charge is 2.16. The van der Waals surface area contributed by atoms with Gasteiger partial charge in [0.1, 0.15) is 24.7 Å². The van der Waals surface area contributed by atoms with Crippen molar-refractivity contribution in [1.82, 2.24) is 0 Å². The van der Waals surface area contributed by atoms with Crippen molar-refractivity contribution in [2.24, 2.45) is 5.73 Å². The summed E-state index contributed by atoms with van der Waals surface area (Å²) in [5.74, 6) is 1.70. The van der Waals surface area contributed by atoms with Crippen LogP contribution in [0.15, 0.2) is 103 Å². The second-order valence-corrected chi connectivity index (χ2v) is 8.49. The summed E-state index contributed by atoms with van der Waals surface area (Å²) in [6.45, 7) is 5.93. The first-order chi connectivity index (χ1) is 17.2. The molecule has 178 valence electrons. The molecule has 4 aromatic carbocycles. The maximum absolute atomic E-state index is 6.10. The van der Waals surface area contributed by atoms with Crippen molar-refractivity contribution >= 4 is 11.1 Å². The molecule has 0 saturated heterocycles. The summed E-state index contributed by atoms with van der Waals surface area (Å²) in [7, 11) is 0. The van der Waals surface area contributed by atoms with Crippen LogP contribution in [0.4, 0.5) is 0 Å². The minimum Gasteiger partial charge on any atom is -0.492 e. The molecule has 0 aliphatic heterocycles. The van der Waals surface area contributed by atoms with Crippen LogP contribution in [0.2, 0.25) is 0 Å². The highest BCUT2D eigenvalue weighted by Crippen LogP contribution is 2.37. The molecule has 0 bridgehead atoms. The summed E-state index contributed by atoms with van der Waals surface area (Å²) in [6.07, 6.45) is 0.913. The van der Waals surface area contributed by atoms with E-state index in [1.54, 1.807) is 0 Å². The van der Waals surface area contributed by atoms with Crippen LogP contribution in [0.25, 0.3) is 11.1 Å². The van der Waals surface area contributed by atoms with Gasteiger partial charge in [0.2, 0.25) is 0 Å². The van der Waals surface area contributed by atoms with Crippen LogP contribution in [0.5, 0.6) is 11.5 Å². The summed E-state index contributed by atoms with van der Waals surface area (Å²) in [5.41, 5.74) is 14.1. The van der Waals surface area contributed by atoms with Gasteiger partial charge in [0, 0.05) is 6.54 Å². The number of hydrogen-bond donors (Lipinski definition) is 1. The quantitative estimate of drug-likeness (QED) is 0.251. The van der Waals surface area contributed by atoms with E-state index in [0.29, 0.717) is 19.8 Å².